The first kappa shape index (κ1) is 16.7. The molecule has 24 heavy (non-hydrogen) atoms. The zero-order chi connectivity index (χ0) is 17.1. The van der Waals surface area contributed by atoms with Crippen LogP contribution in [0.5, 0.6) is 0 Å². The van der Waals surface area contributed by atoms with Crippen molar-refractivity contribution in [3.63, 3.8) is 0 Å². The predicted molar refractivity (Wildman–Crippen MR) is 94.2 cm³/mol. The Kier molecular flexibility index (Phi) is 4.96. The molecule has 2 heterocycles. The standard InChI is InChI=1S/C16H15N3O3S2/c1-10-18-13(8-23-10)11-2-4-12(5-3-11)15(21)17-6-7-19-14(20)9-24-16(19)22/h2-5,8H,6-7,9H2,1H3,(H,17,21). The third-order valence-corrected chi connectivity index (χ3v) is 5.16. The molecule has 1 aliphatic rings. The second-order valence-electron chi connectivity index (χ2n) is 5.18. The van der Waals surface area contributed by atoms with E-state index in [0.29, 0.717) is 5.56 Å². The summed E-state index contributed by atoms with van der Waals surface area (Å²) in [5.41, 5.74) is 2.38. The minimum atomic E-state index is -0.253. The fourth-order valence-electron chi connectivity index (χ4n) is 2.27. The summed E-state index contributed by atoms with van der Waals surface area (Å²) in [7, 11) is 0. The van der Waals surface area contributed by atoms with Gasteiger partial charge in [0.2, 0.25) is 5.91 Å². The van der Waals surface area contributed by atoms with Crippen LogP contribution in [0.15, 0.2) is 29.6 Å². The van der Waals surface area contributed by atoms with Gasteiger partial charge in [-0.05, 0) is 19.1 Å². The molecule has 0 saturated carbocycles. The fourth-order valence-corrected chi connectivity index (χ4v) is 3.64. The number of hydrogen-bond acceptors (Lipinski definition) is 6. The Labute approximate surface area is 147 Å². The van der Waals surface area contributed by atoms with Crippen molar-refractivity contribution in [1.29, 1.82) is 0 Å². The first-order valence-corrected chi connectivity index (χ1v) is 9.19. The maximum Gasteiger partial charge on any atom is 0.288 e. The van der Waals surface area contributed by atoms with Crippen molar-refractivity contribution in [2.45, 2.75) is 6.92 Å². The van der Waals surface area contributed by atoms with E-state index < -0.39 is 0 Å². The van der Waals surface area contributed by atoms with Crippen LogP contribution >= 0.6 is 23.1 Å². The smallest absolute Gasteiger partial charge is 0.288 e. The molecule has 3 amide bonds. The summed E-state index contributed by atoms with van der Waals surface area (Å²) in [4.78, 5) is 40.6. The third kappa shape index (κ3) is 3.65. The van der Waals surface area contributed by atoms with E-state index in [2.05, 4.69) is 10.3 Å². The van der Waals surface area contributed by atoms with Gasteiger partial charge in [0.1, 0.15) is 0 Å². The van der Waals surface area contributed by atoms with Crippen LogP contribution in [0, 0.1) is 6.92 Å². The molecule has 1 aliphatic heterocycles. The summed E-state index contributed by atoms with van der Waals surface area (Å²) >= 11 is 2.57. The van der Waals surface area contributed by atoms with Gasteiger partial charge in [-0.2, -0.15) is 0 Å². The number of hydrogen-bond donors (Lipinski definition) is 1. The number of rotatable bonds is 5. The highest BCUT2D eigenvalue weighted by Gasteiger charge is 2.29. The van der Waals surface area contributed by atoms with Gasteiger partial charge in [0.15, 0.2) is 0 Å². The molecule has 0 aliphatic carbocycles. The van der Waals surface area contributed by atoms with Gasteiger partial charge >= 0.3 is 0 Å². The zero-order valence-electron chi connectivity index (χ0n) is 12.9. The Balaban J connectivity index is 1.55. The number of thioether (sulfide) groups is 1. The molecule has 3 rings (SSSR count). The maximum absolute atomic E-state index is 12.1. The molecule has 6 nitrogen and oxygen atoms in total. The quantitative estimate of drug-likeness (QED) is 0.885. The lowest BCUT2D eigenvalue weighted by molar-refractivity contribution is -0.124. The van der Waals surface area contributed by atoms with Gasteiger partial charge < -0.3 is 5.32 Å². The minimum absolute atomic E-state index is 0.185. The molecule has 0 spiro atoms. The van der Waals surface area contributed by atoms with Crippen LogP contribution in [-0.4, -0.2) is 45.8 Å². The van der Waals surface area contributed by atoms with Gasteiger partial charge in [0, 0.05) is 29.6 Å². The van der Waals surface area contributed by atoms with Gasteiger partial charge in [-0.15, -0.1) is 11.3 Å². The Hall–Kier alpha value is -2.19. The lowest BCUT2D eigenvalue weighted by Gasteiger charge is -2.13. The van der Waals surface area contributed by atoms with Crippen molar-refractivity contribution in [2.75, 3.05) is 18.8 Å². The van der Waals surface area contributed by atoms with Crippen LogP contribution in [0.2, 0.25) is 0 Å². The largest absolute Gasteiger partial charge is 0.350 e. The second-order valence-corrected chi connectivity index (χ2v) is 7.17. The number of imide groups is 1. The monoisotopic (exact) mass is 361 g/mol. The Morgan fingerprint density at radius 1 is 1.29 bits per heavy atom. The van der Waals surface area contributed by atoms with Gasteiger partial charge in [-0.25, -0.2) is 4.98 Å². The molecular formula is C16H15N3O3S2. The van der Waals surface area contributed by atoms with Crippen LogP contribution in [-0.2, 0) is 4.79 Å². The summed E-state index contributed by atoms with van der Waals surface area (Å²) in [6, 6.07) is 7.18. The minimum Gasteiger partial charge on any atom is -0.350 e. The summed E-state index contributed by atoms with van der Waals surface area (Å²) in [5, 5.41) is 5.44. The topological polar surface area (TPSA) is 79.4 Å². The number of nitrogens with zero attached hydrogens (tertiary/aromatic N) is 2. The van der Waals surface area contributed by atoms with E-state index in [1.807, 2.05) is 24.4 Å². The number of benzene rings is 1. The predicted octanol–water partition coefficient (Wildman–Crippen LogP) is 2.54. The van der Waals surface area contributed by atoms with Crippen molar-refractivity contribution in [2.24, 2.45) is 0 Å². The average Bonchev–Trinajstić information content (AvgIpc) is 3.15. The number of aryl methyl sites for hydroxylation is 1. The number of carbonyl (C=O) groups excluding carboxylic acids is 3. The number of amides is 3. The highest BCUT2D eigenvalue weighted by atomic mass is 32.2. The first-order chi connectivity index (χ1) is 11.5. The molecule has 0 bridgehead atoms. The SMILES string of the molecule is Cc1nc(-c2ccc(C(=O)NCCN3C(=O)CSC3=O)cc2)cs1. The summed E-state index contributed by atoms with van der Waals surface area (Å²) in [5.74, 6) is -0.255. The molecule has 2 aromatic rings. The van der Waals surface area contributed by atoms with Crippen molar-refractivity contribution in [3.05, 3.63) is 40.2 Å². The number of carbonyl (C=O) groups is 3. The van der Waals surface area contributed by atoms with Crippen molar-refractivity contribution >= 4 is 40.2 Å². The molecule has 1 aromatic carbocycles. The van der Waals surface area contributed by atoms with Crippen LogP contribution in [0.3, 0.4) is 0 Å². The molecule has 0 unspecified atom stereocenters. The van der Waals surface area contributed by atoms with E-state index in [1.54, 1.807) is 23.5 Å². The Morgan fingerprint density at radius 3 is 2.62 bits per heavy atom. The second kappa shape index (κ2) is 7.14. The lowest BCUT2D eigenvalue weighted by atomic mass is 10.1. The highest BCUT2D eigenvalue weighted by Crippen LogP contribution is 2.22. The van der Waals surface area contributed by atoms with Gasteiger partial charge in [-0.3, -0.25) is 19.3 Å². The summed E-state index contributed by atoms with van der Waals surface area (Å²) < 4.78 is 0. The van der Waals surface area contributed by atoms with Crippen LogP contribution in [0.1, 0.15) is 15.4 Å². The molecule has 124 valence electrons. The lowest BCUT2D eigenvalue weighted by Crippen LogP contribution is -2.37. The third-order valence-electron chi connectivity index (χ3n) is 3.52. The normalized spacial score (nSPS) is 14.3. The van der Waals surface area contributed by atoms with Crippen LogP contribution < -0.4 is 5.32 Å². The van der Waals surface area contributed by atoms with E-state index in [9.17, 15) is 14.4 Å². The molecule has 0 radical (unpaired) electrons. The average molecular weight is 361 g/mol. The first-order valence-electron chi connectivity index (χ1n) is 7.32. The fraction of sp³-hybridized carbons (Fsp3) is 0.250. The van der Waals surface area contributed by atoms with Crippen molar-refractivity contribution in [3.8, 4) is 11.3 Å². The summed E-state index contributed by atoms with van der Waals surface area (Å²) in [6.07, 6.45) is 0. The van der Waals surface area contributed by atoms with E-state index in [1.165, 1.54) is 4.90 Å². The van der Waals surface area contributed by atoms with Crippen molar-refractivity contribution in [1.82, 2.24) is 15.2 Å². The van der Waals surface area contributed by atoms with E-state index in [-0.39, 0.29) is 35.9 Å². The number of nitrogens with one attached hydrogen (secondary N) is 1. The van der Waals surface area contributed by atoms with Crippen molar-refractivity contribution < 1.29 is 14.4 Å². The maximum atomic E-state index is 12.1. The molecule has 1 fully saturated rings. The highest BCUT2D eigenvalue weighted by molar-refractivity contribution is 8.14. The number of aromatic nitrogens is 1. The van der Waals surface area contributed by atoms with Gasteiger partial charge in [-0.1, -0.05) is 23.9 Å². The van der Waals surface area contributed by atoms with E-state index in [0.717, 1.165) is 28.0 Å². The molecule has 8 heteroatoms. The number of thiazole rings is 1. The Bertz CT molecular complexity index is 770. The molecule has 1 N–H and O–H groups in total. The van der Waals surface area contributed by atoms with Gasteiger partial charge in [0.05, 0.1) is 16.5 Å². The molecule has 1 saturated heterocycles. The van der Waals surface area contributed by atoms with Gasteiger partial charge in [0.25, 0.3) is 11.1 Å². The van der Waals surface area contributed by atoms with Crippen LogP contribution in [0.25, 0.3) is 11.3 Å². The Morgan fingerprint density at radius 2 is 2.04 bits per heavy atom. The van der Waals surface area contributed by atoms with Crippen LogP contribution in [0.4, 0.5) is 4.79 Å². The molecule has 0 atom stereocenters. The summed E-state index contributed by atoms with van der Waals surface area (Å²) in [6.45, 7) is 2.39. The molecular weight excluding hydrogens is 346 g/mol. The van der Waals surface area contributed by atoms with E-state index >= 15 is 0 Å². The zero-order valence-corrected chi connectivity index (χ0v) is 14.6. The molecule has 1 aromatic heterocycles. The van der Waals surface area contributed by atoms with E-state index in [4.69, 9.17) is 0 Å².